The van der Waals surface area contributed by atoms with E-state index >= 15 is 0 Å². The monoisotopic (exact) mass is 709 g/mol. The molecule has 5 heteroatoms. The number of rotatable bonds is 24. The minimum atomic E-state index is 0.0816. The Labute approximate surface area is 316 Å². The lowest BCUT2D eigenvalue weighted by molar-refractivity contribution is 0.0793. The van der Waals surface area contributed by atoms with Gasteiger partial charge in [-0.3, -0.25) is 4.79 Å². The van der Waals surface area contributed by atoms with Crippen LogP contribution in [0.5, 0.6) is 0 Å². The highest BCUT2D eigenvalue weighted by molar-refractivity contribution is 6.09. The van der Waals surface area contributed by atoms with Gasteiger partial charge in [-0.05, 0) is 63.9 Å². The number of nitrogens with zero attached hydrogens (tertiary/aromatic N) is 3. The van der Waals surface area contributed by atoms with E-state index in [2.05, 4.69) is 92.6 Å². The van der Waals surface area contributed by atoms with Crippen LogP contribution in [-0.2, 0) is 0 Å². The van der Waals surface area contributed by atoms with Crippen molar-refractivity contribution in [3.63, 3.8) is 0 Å². The van der Waals surface area contributed by atoms with Crippen molar-refractivity contribution in [2.75, 3.05) is 44.7 Å². The van der Waals surface area contributed by atoms with E-state index in [1.54, 1.807) is 0 Å². The lowest BCUT2D eigenvalue weighted by atomic mass is 9.90. The highest BCUT2D eigenvalue weighted by Crippen LogP contribution is 2.42. The topological polar surface area (TPSA) is 39.7 Å². The number of anilines is 1. The molecule has 284 valence electrons. The third-order valence-electron chi connectivity index (χ3n) is 11.1. The molecule has 0 unspecified atom stereocenters. The van der Waals surface area contributed by atoms with Crippen LogP contribution in [-0.4, -0.2) is 50.6 Å². The summed E-state index contributed by atoms with van der Waals surface area (Å²) in [5.41, 5.74) is 5.79. The Bertz CT molecular complexity index is 1680. The minimum absolute atomic E-state index is 0.0816. The van der Waals surface area contributed by atoms with Crippen LogP contribution in [0, 0.1) is 0 Å². The Balaban J connectivity index is 1.41. The molecule has 2 aromatic carbocycles. The Morgan fingerprint density at radius 3 is 1.79 bits per heavy atom. The van der Waals surface area contributed by atoms with Crippen molar-refractivity contribution in [1.29, 1.82) is 0 Å². The number of hydrogen-bond acceptors (Lipinski definition) is 3. The van der Waals surface area contributed by atoms with E-state index in [0.29, 0.717) is 0 Å². The third kappa shape index (κ3) is 11.4. The standard InChI is InChI=1S/C47H70N3O2/c1-7-12-13-14-15-16-17-18-19-20-21-22-23-24-25-28-35-48(6)47(51)41-30-27-26-29-40(41)46-42-33-31-38(49(8-2)9-3)36-44(42)52-45-37-39(32-34-43(45)46)50(10-4)11-5/h26-27,29-34,36-37H,7-25,28,35H2,1-6H3/q+1. The summed E-state index contributed by atoms with van der Waals surface area (Å²) in [6.45, 7) is 15.5. The highest BCUT2D eigenvalue weighted by Gasteiger charge is 2.24. The van der Waals surface area contributed by atoms with Crippen LogP contribution in [0.2, 0.25) is 0 Å². The van der Waals surface area contributed by atoms with Gasteiger partial charge in [-0.2, -0.15) is 0 Å². The van der Waals surface area contributed by atoms with Crippen LogP contribution < -0.4 is 14.8 Å². The van der Waals surface area contributed by atoms with Gasteiger partial charge in [-0.15, -0.1) is 0 Å². The Hall–Kier alpha value is -3.60. The van der Waals surface area contributed by atoms with Crippen molar-refractivity contribution in [3.8, 4) is 22.5 Å². The van der Waals surface area contributed by atoms with E-state index in [0.717, 1.165) is 89.2 Å². The molecule has 1 aliphatic carbocycles. The Morgan fingerprint density at radius 2 is 1.21 bits per heavy atom. The molecule has 0 bridgehead atoms. The molecule has 5 nitrogen and oxygen atoms in total. The van der Waals surface area contributed by atoms with Crippen molar-refractivity contribution in [2.45, 2.75) is 137 Å². The first-order chi connectivity index (χ1) is 25.5. The molecule has 2 aliphatic rings. The molecule has 0 saturated heterocycles. The summed E-state index contributed by atoms with van der Waals surface area (Å²) in [5, 5.41) is 2.18. The predicted octanol–water partition coefficient (Wildman–Crippen LogP) is 12.2. The second kappa shape index (κ2) is 22.5. The van der Waals surface area contributed by atoms with E-state index in [9.17, 15) is 4.79 Å². The number of fused-ring (bicyclic) bond motifs is 2. The summed E-state index contributed by atoms with van der Waals surface area (Å²) < 4.78 is 9.05. The van der Waals surface area contributed by atoms with Crippen molar-refractivity contribution < 1.29 is 9.21 Å². The van der Waals surface area contributed by atoms with Crippen LogP contribution in [0.4, 0.5) is 5.69 Å². The molecule has 0 spiro atoms. The molecule has 52 heavy (non-hydrogen) atoms. The first kappa shape index (κ1) is 41.2. The Morgan fingerprint density at radius 1 is 0.635 bits per heavy atom. The fraction of sp³-hybridized carbons (Fsp3) is 0.574. The largest absolute Gasteiger partial charge is 0.456 e. The minimum Gasteiger partial charge on any atom is -0.456 e. The summed E-state index contributed by atoms with van der Waals surface area (Å²) in [7, 11) is 1.97. The van der Waals surface area contributed by atoms with Gasteiger partial charge in [0.2, 0.25) is 5.36 Å². The molecule has 0 atom stereocenters. The average molecular weight is 709 g/mol. The van der Waals surface area contributed by atoms with Crippen LogP contribution in [0.15, 0.2) is 65.1 Å². The number of carbonyl (C=O) groups excluding carboxylic acids is 1. The molecule has 0 N–H and O–H groups in total. The van der Waals surface area contributed by atoms with Gasteiger partial charge >= 0.3 is 0 Å². The predicted molar refractivity (Wildman–Crippen MR) is 225 cm³/mol. The number of hydrogen-bond donors (Lipinski definition) is 0. The van der Waals surface area contributed by atoms with Gasteiger partial charge in [0, 0.05) is 66.6 Å². The second-order valence-corrected chi connectivity index (χ2v) is 14.8. The summed E-state index contributed by atoms with van der Waals surface area (Å²) in [6, 6.07) is 21.2. The number of amides is 1. The lowest BCUT2D eigenvalue weighted by Gasteiger charge is -2.23. The van der Waals surface area contributed by atoms with Crippen molar-refractivity contribution in [2.24, 2.45) is 0 Å². The first-order valence-corrected chi connectivity index (χ1v) is 21.2. The molecule has 0 radical (unpaired) electrons. The van der Waals surface area contributed by atoms with Crippen LogP contribution in [0.3, 0.4) is 0 Å². The highest BCUT2D eigenvalue weighted by atomic mass is 16.3. The van der Waals surface area contributed by atoms with E-state index in [1.807, 2.05) is 24.1 Å². The van der Waals surface area contributed by atoms with Gasteiger partial charge in [0.25, 0.3) is 5.91 Å². The lowest BCUT2D eigenvalue weighted by Crippen LogP contribution is -2.29. The molecular formula is C47H70N3O2+. The number of benzene rings is 3. The zero-order valence-corrected chi connectivity index (χ0v) is 33.8. The Kier molecular flexibility index (Phi) is 17.8. The van der Waals surface area contributed by atoms with Gasteiger partial charge in [-0.1, -0.05) is 121 Å². The van der Waals surface area contributed by atoms with Gasteiger partial charge in [0.15, 0.2) is 0 Å². The van der Waals surface area contributed by atoms with Gasteiger partial charge < -0.3 is 14.2 Å². The molecule has 0 aromatic heterocycles. The summed E-state index contributed by atoms with van der Waals surface area (Å²) in [5.74, 6) is 0.922. The fourth-order valence-corrected chi connectivity index (χ4v) is 7.82. The molecule has 1 amide bonds. The number of carbonyl (C=O) groups is 1. The van der Waals surface area contributed by atoms with Gasteiger partial charge in [-0.25, -0.2) is 4.58 Å². The number of unbranched alkanes of at least 4 members (excludes halogenated alkanes) is 15. The maximum atomic E-state index is 14.1. The molecule has 1 aliphatic heterocycles. The smallest absolute Gasteiger partial charge is 0.254 e. The maximum Gasteiger partial charge on any atom is 0.254 e. The molecule has 2 aromatic rings. The SMILES string of the molecule is CCCCCCCCCCCCCCCCCCN(C)C(=O)c1ccccc1-c1c2ccc(=[N+](CC)CC)cc-2oc2cc(N(CC)CC)ccc12. The van der Waals surface area contributed by atoms with Crippen LogP contribution >= 0.6 is 0 Å². The van der Waals surface area contributed by atoms with E-state index in [4.69, 9.17) is 4.42 Å². The third-order valence-corrected chi connectivity index (χ3v) is 11.1. The molecule has 0 saturated carbocycles. The van der Waals surface area contributed by atoms with Crippen LogP contribution in [0.1, 0.15) is 148 Å². The van der Waals surface area contributed by atoms with Crippen molar-refractivity contribution in [1.82, 2.24) is 9.48 Å². The summed E-state index contributed by atoms with van der Waals surface area (Å²) >= 11 is 0. The zero-order chi connectivity index (χ0) is 37.1. The normalized spacial score (nSPS) is 11.4. The molecular weight excluding hydrogens is 639 g/mol. The quantitative estimate of drug-likeness (QED) is 0.0413. The fourth-order valence-electron chi connectivity index (χ4n) is 7.82. The van der Waals surface area contributed by atoms with Gasteiger partial charge in [0.05, 0.1) is 6.07 Å². The van der Waals surface area contributed by atoms with E-state index < -0.39 is 0 Å². The summed E-state index contributed by atoms with van der Waals surface area (Å²) in [6.07, 6.45) is 21.6. The van der Waals surface area contributed by atoms with Crippen molar-refractivity contribution >= 4 is 22.6 Å². The van der Waals surface area contributed by atoms with E-state index in [1.165, 1.54) is 96.3 Å². The van der Waals surface area contributed by atoms with Gasteiger partial charge in [0.1, 0.15) is 24.4 Å². The second-order valence-electron chi connectivity index (χ2n) is 14.8. The van der Waals surface area contributed by atoms with Crippen LogP contribution in [0.25, 0.3) is 33.4 Å². The van der Waals surface area contributed by atoms with Crippen molar-refractivity contribution in [3.05, 3.63) is 71.6 Å². The maximum absolute atomic E-state index is 14.1. The molecule has 1 heterocycles. The summed E-state index contributed by atoms with van der Waals surface area (Å²) in [4.78, 5) is 18.4. The average Bonchev–Trinajstić information content (AvgIpc) is 3.17. The molecule has 4 rings (SSSR count). The van der Waals surface area contributed by atoms with E-state index in [-0.39, 0.29) is 5.91 Å². The first-order valence-electron chi connectivity index (χ1n) is 21.2. The zero-order valence-electron chi connectivity index (χ0n) is 33.8. The molecule has 0 fully saturated rings.